The highest BCUT2D eigenvalue weighted by Crippen LogP contribution is 2.39. The van der Waals surface area contributed by atoms with Crippen LogP contribution in [0.3, 0.4) is 0 Å². The van der Waals surface area contributed by atoms with Gasteiger partial charge in [0.15, 0.2) is 5.82 Å². The summed E-state index contributed by atoms with van der Waals surface area (Å²) in [7, 11) is 0. The van der Waals surface area contributed by atoms with Crippen molar-refractivity contribution >= 4 is 23.7 Å². The molecule has 3 fully saturated rings. The Bertz CT molecular complexity index is 856. The maximum absolute atomic E-state index is 5.89. The zero-order valence-corrected chi connectivity index (χ0v) is 17.4. The van der Waals surface area contributed by atoms with Gasteiger partial charge in [-0.3, -0.25) is 5.10 Å². The first-order chi connectivity index (χ1) is 14.0. The van der Waals surface area contributed by atoms with E-state index < -0.39 is 0 Å². The molecule has 0 radical (unpaired) electrons. The molecular formula is C20H30N8O. The number of hydrogen-bond acceptors (Lipinski definition) is 8. The third kappa shape index (κ3) is 4.14. The fourth-order valence-corrected chi connectivity index (χ4v) is 4.27. The molecule has 9 nitrogen and oxygen atoms in total. The van der Waals surface area contributed by atoms with Crippen molar-refractivity contribution in [3.63, 3.8) is 0 Å². The van der Waals surface area contributed by atoms with Crippen molar-refractivity contribution in [1.29, 1.82) is 0 Å². The summed E-state index contributed by atoms with van der Waals surface area (Å²) in [4.78, 5) is 18.8. The van der Waals surface area contributed by atoms with Crippen LogP contribution in [0.1, 0.15) is 51.6 Å². The maximum atomic E-state index is 5.89. The molecule has 4 heterocycles. The molecule has 2 aromatic heterocycles. The van der Waals surface area contributed by atoms with Gasteiger partial charge >= 0.3 is 0 Å². The topological polar surface area (TPSA) is 95.1 Å². The summed E-state index contributed by atoms with van der Waals surface area (Å²) in [5.41, 5.74) is 1.19. The number of ether oxygens (including phenoxy) is 1. The third-order valence-electron chi connectivity index (χ3n) is 5.88. The van der Waals surface area contributed by atoms with Gasteiger partial charge in [-0.05, 0) is 39.0 Å². The molecule has 3 atom stereocenters. The Hall–Kier alpha value is -2.42. The van der Waals surface area contributed by atoms with Crippen molar-refractivity contribution in [3.8, 4) is 0 Å². The van der Waals surface area contributed by atoms with Crippen molar-refractivity contribution in [3.05, 3.63) is 11.8 Å². The van der Waals surface area contributed by atoms with Crippen LogP contribution >= 0.6 is 0 Å². The van der Waals surface area contributed by atoms with E-state index in [2.05, 4.69) is 52.2 Å². The smallest absolute Gasteiger partial charge is 0.235 e. The molecule has 9 heteroatoms. The zero-order chi connectivity index (χ0) is 20.0. The van der Waals surface area contributed by atoms with Gasteiger partial charge in [0.2, 0.25) is 17.8 Å². The summed E-state index contributed by atoms with van der Waals surface area (Å²) in [5.74, 6) is 4.04. The number of aromatic nitrogens is 5. The molecule has 156 valence electrons. The molecule has 0 amide bonds. The number of anilines is 4. The number of rotatable bonds is 5. The van der Waals surface area contributed by atoms with Crippen molar-refractivity contribution in [2.75, 3.05) is 41.3 Å². The van der Waals surface area contributed by atoms with Crippen LogP contribution in [-0.2, 0) is 4.74 Å². The van der Waals surface area contributed by atoms with Crippen LogP contribution in [-0.4, -0.2) is 63.5 Å². The highest BCUT2D eigenvalue weighted by molar-refractivity contribution is 5.53. The van der Waals surface area contributed by atoms with Gasteiger partial charge in [-0.25, -0.2) is 0 Å². The van der Waals surface area contributed by atoms with E-state index in [1.54, 1.807) is 0 Å². The molecule has 0 bridgehead atoms. The van der Waals surface area contributed by atoms with Crippen LogP contribution < -0.4 is 15.1 Å². The third-order valence-corrected chi connectivity index (χ3v) is 5.88. The Labute approximate surface area is 171 Å². The molecule has 29 heavy (non-hydrogen) atoms. The molecule has 2 aromatic rings. The molecule has 2 saturated heterocycles. The average Bonchev–Trinajstić information content (AvgIpc) is 3.28. The number of morpholine rings is 1. The van der Waals surface area contributed by atoms with Crippen LogP contribution in [0, 0.1) is 5.92 Å². The second-order valence-electron chi connectivity index (χ2n) is 8.87. The Morgan fingerprint density at radius 3 is 2.34 bits per heavy atom. The molecule has 0 unspecified atom stereocenters. The normalized spacial score (nSPS) is 27.5. The standard InChI is InChI=1S/C20H30N8O/c1-12-6-7-27(9-12)19-22-18(21-17-8-16(25-26-17)15-4-5-15)23-20(24-19)28-10-13(2)29-14(3)11-28/h8,12-15H,4-7,9-11H2,1-3H3,(H2,21,22,23,24,25,26)/t12-,13-,14+/m1/s1. The Balaban J connectivity index is 1.43. The van der Waals surface area contributed by atoms with Crippen molar-refractivity contribution in [2.24, 2.45) is 5.92 Å². The van der Waals surface area contributed by atoms with Gasteiger partial charge < -0.3 is 19.9 Å². The van der Waals surface area contributed by atoms with Gasteiger partial charge in [0, 0.05) is 43.9 Å². The van der Waals surface area contributed by atoms with Gasteiger partial charge in [0.05, 0.1) is 12.2 Å². The minimum absolute atomic E-state index is 0.148. The van der Waals surface area contributed by atoms with E-state index in [9.17, 15) is 0 Å². The van der Waals surface area contributed by atoms with E-state index in [-0.39, 0.29) is 12.2 Å². The summed E-state index contributed by atoms with van der Waals surface area (Å²) < 4.78 is 5.89. The minimum Gasteiger partial charge on any atom is -0.372 e. The van der Waals surface area contributed by atoms with E-state index >= 15 is 0 Å². The van der Waals surface area contributed by atoms with Gasteiger partial charge in [0.25, 0.3) is 0 Å². The highest BCUT2D eigenvalue weighted by atomic mass is 16.5. The fraction of sp³-hybridized carbons (Fsp3) is 0.700. The van der Waals surface area contributed by atoms with Crippen LogP contribution in [0.2, 0.25) is 0 Å². The van der Waals surface area contributed by atoms with Crippen molar-refractivity contribution in [2.45, 2.75) is 58.2 Å². The lowest BCUT2D eigenvalue weighted by atomic mass is 10.2. The Morgan fingerprint density at radius 2 is 1.69 bits per heavy atom. The maximum Gasteiger partial charge on any atom is 0.235 e. The second-order valence-corrected chi connectivity index (χ2v) is 8.87. The highest BCUT2D eigenvalue weighted by Gasteiger charge is 2.28. The summed E-state index contributed by atoms with van der Waals surface area (Å²) in [6, 6.07) is 2.07. The Kier molecular flexibility index (Phi) is 4.77. The average molecular weight is 399 g/mol. The molecular weight excluding hydrogens is 368 g/mol. The van der Waals surface area contributed by atoms with E-state index in [1.165, 1.54) is 25.0 Å². The first kappa shape index (κ1) is 18.6. The monoisotopic (exact) mass is 398 g/mol. The molecule has 2 N–H and O–H groups in total. The molecule has 5 rings (SSSR count). The van der Waals surface area contributed by atoms with Crippen molar-refractivity contribution < 1.29 is 4.74 Å². The summed E-state index contributed by atoms with van der Waals surface area (Å²) >= 11 is 0. The van der Waals surface area contributed by atoms with Gasteiger partial charge in [0.1, 0.15) is 0 Å². The number of hydrogen-bond donors (Lipinski definition) is 2. The number of H-pyrrole nitrogens is 1. The summed E-state index contributed by atoms with van der Waals surface area (Å²) in [6.07, 6.45) is 3.94. The zero-order valence-electron chi connectivity index (χ0n) is 17.4. The lowest BCUT2D eigenvalue weighted by Crippen LogP contribution is -2.46. The predicted octanol–water partition coefficient (Wildman–Crippen LogP) is 2.68. The molecule has 3 aliphatic rings. The molecule has 0 spiro atoms. The van der Waals surface area contributed by atoms with Gasteiger partial charge in [-0.1, -0.05) is 6.92 Å². The van der Waals surface area contributed by atoms with Gasteiger partial charge in [-0.15, -0.1) is 0 Å². The quantitative estimate of drug-likeness (QED) is 0.794. The molecule has 1 aliphatic carbocycles. The Morgan fingerprint density at radius 1 is 0.966 bits per heavy atom. The molecule has 0 aromatic carbocycles. The number of nitrogens with zero attached hydrogens (tertiary/aromatic N) is 6. The van der Waals surface area contributed by atoms with Crippen molar-refractivity contribution in [1.82, 2.24) is 25.1 Å². The largest absolute Gasteiger partial charge is 0.372 e. The van der Waals surface area contributed by atoms with Crippen LogP contribution in [0.5, 0.6) is 0 Å². The lowest BCUT2D eigenvalue weighted by molar-refractivity contribution is -0.00572. The van der Waals surface area contributed by atoms with Crippen LogP contribution in [0.4, 0.5) is 23.7 Å². The van der Waals surface area contributed by atoms with Gasteiger partial charge in [-0.2, -0.15) is 20.1 Å². The van der Waals surface area contributed by atoms with Crippen LogP contribution in [0.15, 0.2) is 6.07 Å². The van der Waals surface area contributed by atoms with Crippen LogP contribution in [0.25, 0.3) is 0 Å². The molecule has 1 saturated carbocycles. The summed E-state index contributed by atoms with van der Waals surface area (Å²) in [5, 5.41) is 10.8. The first-order valence-electron chi connectivity index (χ1n) is 10.8. The summed E-state index contributed by atoms with van der Waals surface area (Å²) in [6.45, 7) is 9.97. The SMILES string of the molecule is C[C@@H]1CCN(c2nc(Nc3cc(C4CC4)[nH]n3)nc(N3C[C@@H](C)O[C@@H](C)C3)n2)C1. The lowest BCUT2D eigenvalue weighted by Gasteiger charge is -2.35. The van der Waals surface area contributed by atoms with E-state index in [0.717, 1.165) is 37.9 Å². The second kappa shape index (κ2) is 7.44. The predicted molar refractivity (Wildman–Crippen MR) is 112 cm³/mol. The first-order valence-corrected chi connectivity index (χ1v) is 10.8. The van der Waals surface area contributed by atoms with E-state index in [4.69, 9.17) is 19.7 Å². The number of nitrogens with one attached hydrogen (secondary N) is 2. The van der Waals surface area contributed by atoms with E-state index in [0.29, 0.717) is 23.7 Å². The number of aromatic amines is 1. The molecule has 2 aliphatic heterocycles. The fourth-order valence-electron chi connectivity index (χ4n) is 4.27. The minimum atomic E-state index is 0.148. The van der Waals surface area contributed by atoms with E-state index in [1.807, 2.05) is 0 Å².